The number of hydrogen-bond acceptors (Lipinski definition) is 3. The van der Waals surface area contributed by atoms with E-state index < -0.39 is 6.04 Å². The van der Waals surface area contributed by atoms with Crippen molar-refractivity contribution in [2.24, 2.45) is 0 Å². The average Bonchev–Trinajstić information content (AvgIpc) is 3.80. The number of nitrogens with one attached hydrogen (secondary N) is 3. The van der Waals surface area contributed by atoms with Crippen molar-refractivity contribution in [3.05, 3.63) is 131 Å². The van der Waals surface area contributed by atoms with Gasteiger partial charge in [0.15, 0.2) is 0 Å². The van der Waals surface area contributed by atoms with Gasteiger partial charge in [0.2, 0.25) is 5.91 Å². The first-order valence-electron chi connectivity index (χ1n) is 14.3. The minimum atomic E-state index is -0.624. The normalized spacial score (nSPS) is 16.5. The zero-order chi connectivity index (χ0) is 28.4. The van der Waals surface area contributed by atoms with Gasteiger partial charge in [0.1, 0.15) is 6.04 Å². The Balaban J connectivity index is 1.14. The monoisotopic (exact) mass is 565 g/mol. The molecule has 0 bridgehead atoms. The van der Waals surface area contributed by atoms with Crippen LogP contribution in [-0.2, 0) is 11.3 Å². The lowest BCUT2D eigenvalue weighted by Gasteiger charge is -2.19. The van der Waals surface area contributed by atoms with E-state index in [4.69, 9.17) is 11.6 Å². The van der Waals surface area contributed by atoms with Crippen LogP contribution in [0.2, 0.25) is 5.02 Å². The van der Waals surface area contributed by atoms with E-state index in [-0.39, 0.29) is 11.8 Å². The highest BCUT2D eigenvalue weighted by molar-refractivity contribution is 6.30. The van der Waals surface area contributed by atoms with E-state index in [1.807, 2.05) is 66.7 Å². The molecular formula is C35H36ClN3O2. The number of halogens is 1. The third kappa shape index (κ3) is 8.29. The van der Waals surface area contributed by atoms with E-state index in [1.165, 1.54) is 12.0 Å². The molecule has 1 aliphatic carbocycles. The zero-order valence-electron chi connectivity index (χ0n) is 23.1. The van der Waals surface area contributed by atoms with Crippen LogP contribution < -0.4 is 16.0 Å². The Morgan fingerprint density at radius 2 is 1.44 bits per heavy atom. The first-order valence-corrected chi connectivity index (χ1v) is 14.7. The van der Waals surface area contributed by atoms with E-state index in [1.54, 1.807) is 12.1 Å². The molecule has 41 heavy (non-hydrogen) atoms. The summed E-state index contributed by atoms with van der Waals surface area (Å²) in [5.41, 5.74) is 5.00. The van der Waals surface area contributed by atoms with Gasteiger partial charge in [0.05, 0.1) is 0 Å². The average molecular weight is 566 g/mol. The van der Waals surface area contributed by atoms with E-state index in [0.717, 1.165) is 36.1 Å². The maximum atomic E-state index is 13.2. The Labute approximate surface area is 247 Å². The molecule has 210 valence electrons. The van der Waals surface area contributed by atoms with Crippen molar-refractivity contribution in [3.63, 3.8) is 0 Å². The van der Waals surface area contributed by atoms with Crippen LogP contribution in [0.3, 0.4) is 0 Å². The van der Waals surface area contributed by atoms with Crippen LogP contribution in [0, 0.1) is 0 Å². The van der Waals surface area contributed by atoms with Gasteiger partial charge >= 0.3 is 0 Å². The van der Waals surface area contributed by atoms with Crippen LogP contribution >= 0.6 is 11.6 Å². The van der Waals surface area contributed by atoms with Crippen molar-refractivity contribution in [3.8, 4) is 11.1 Å². The lowest BCUT2D eigenvalue weighted by Crippen LogP contribution is -2.46. The fourth-order valence-electron chi connectivity index (χ4n) is 5.12. The van der Waals surface area contributed by atoms with Crippen molar-refractivity contribution >= 4 is 23.4 Å². The quantitative estimate of drug-likeness (QED) is 0.157. The fraction of sp³-hybridized carbons (Fsp3) is 0.257. The molecule has 5 nitrogen and oxygen atoms in total. The predicted molar refractivity (Wildman–Crippen MR) is 166 cm³/mol. The summed E-state index contributed by atoms with van der Waals surface area (Å²) in [5, 5.41) is 10.3. The van der Waals surface area contributed by atoms with Gasteiger partial charge in [0.25, 0.3) is 5.91 Å². The summed E-state index contributed by atoms with van der Waals surface area (Å²) in [7, 11) is 0. The second kappa shape index (κ2) is 14.1. The molecular weight excluding hydrogens is 530 g/mol. The molecule has 6 heteroatoms. The number of carbonyl (C=O) groups is 2. The predicted octanol–water partition coefficient (Wildman–Crippen LogP) is 6.74. The van der Waals surface area contributed by atoms with Crippen LogP contribution in [0.5, 0.6) is 0 Å². The van der Waals surface area contributed by atoms with Gasteiger partial charge in [-0.25, -0.2) is 0 Å². The van der Waals surface area contributed by atoms with Crippen molar-refractivity contribution in [1.82, 2.24) is 16.0 Å². The number of hydrogen-bond donors (Lipinski definition) is 3. The number of benzene rings is 4. The molecule has 2 amide bonds. The van der Waals surface area contributed by atoms with Crippen molar-refractivity contribution in [1.29, 1.82) is 0 Å². The molecule has 0 aromatic heterocycles. The standard InChI is InChI=1S/C35H36ClN3O2/c36-30-20-14-25(15-21-30)24-38-35(41)32(13-7-8-22-37-33-23-31(33)28-11-5-2-6-12-28)39-34(40)29-18-16-27(17-19-29)26-9-3-1-4-10-26/h1-6,9-12,14-21,31-33,37H,7-8,13,22-24H2,(H,38,41)(H,39,40)/t31-,32-,33+/m0/s1. The summed E-state index contributed by atoms with van der Waals surface area (Å²) in [6, 6.07) is 35.4. The zero-order valence-corrected chi connectivity index (χ0v) is 23.8. The van der Waals surface area contributed by atoms with Crippen LogP contribution in [0.1, 0.15) is 53.1 Å². The highest BCUT2D eigenvalue weighted by Crippen LogP contribution is 2.40. The third-order valence-corrected chi connectivity index (χ3v) is 7.85. The molecule has 1 fully saturated rings. The molecule has 3 N–H and O–H groups in total. The summed E-state index contributed by atoms with van der Waals surface area (Å²) >= 11 is 5.99. The topological polar surface area (TPSA) is 70.2 Å². The molecule has 4 aromatic carbocycles. The summed E-state index contributed by atoms with van der Waals surface area (Å²) in [4.78, 5) is 26.4. The molecule has 0 unspecified atom stereocenters. The second-order valence-electron chi connectivity index (χ2n) is 10.6. The van der Waals surface area contributed by atoms with Gasteiger partial charge in [-0.1, -0.05) is 96.5 Å². The smallest absolute Gasteiger partial charge is 0.251 e. The van der Waals surface area contributed by atoms with Crippen LogP contribution in [-0.4, -0.2) is 30.4 Å². The Bertz CT molecular complexity index is 1410. The summed E-state index contributed by atoms with van der Waals surface area (Å²) in [6.45, 7) is 1.26. The first-order chi connectivity index (χ1) is 20.1. The van der Waals surface area contributed by atoms with Crippen molar-refractivity contribution in [2.45, 2.75) is 50.2 Å². The number of rotatable bonds is 13. The SMILES string of the molecule is O=C(N[C@@H](CCCCN[C@@H]1C[C@H]1c1ccccc1)C(=O)NCc1ccc(Cl)cc1)c1ccc(-c2ccccc2)cc1. The Morgan fingerprint density at radius 1 is 0.780 bits per heavy atom. The van der Waals surface area contributed by atoms with Crippen molar-refractivity contribution in [2.75, 3.05) is 6.54 Å². The second-order valence-corrected chi connectivity index (χ2v) is 11.1. The molecule has 1 saturated carbocycles. The highest BCUT2D eigenvalue weighted by Gasteiger charge is 2.37. The summed E-state index contributed by atoms with van der Waals surface area (Å²) < 4.78 is 0. The molecule has 1 aliphatic rings. The molecule has 0 radical (unpaired) electrons. The first kappa shape index (κ1) is 28.6. The third-order valence-electron chi connectivity index (χ3n) is 7.60. The number of unbranched alkanes of at least 4 members (excludes halogenated alkanes) is 1. The molecule has 4 aromatic rings. The van der Waals surface area contributed by atoms with E-state index in [2.05, 4.69) is 46.3 Å². The van der Waals surface area contributed by atoms with E-state index in [0.29, 0.717) is 35.5 Å². The Morgan fingerprint density at radius 3 is 2.15 bits per heavy atom. The number of carbonyl (C=O) groups excluding carboxylic acids is 2. The van der Waals surface area contributed by atoms with Crippen molar-refractivity contribution < 1.29 is 9.59 Å². The van der Waals surface area contributed by atoms with Gasteiger partial charge in [-0.15, -0.1) is 0 Å². The molecule has 3 atom stereocenters. The van der Waals surface area contributed by atoms with E-state index >= 15 is 0 Å². The minimum Gasteiger partial charge on any atom is -0.350 e. The molecule has 0 aliphatic heterocycles. The van der Waals surface area contributed by atoms with Gasteiger partial charge in [-0.2, -0.15) is 0 Å². The minimum absolute atomic E-state index is 0.187. The molecule has 5 rings (SSSR count). The maximum Gasteiger partial charge on any atom is 0.251 e. The van der Waals surface area contributed by atoms with Gasteiger partial charge in [-0.05, 0) is 78.7 Å². The Kier molecular flexibility index (Phi) is 9.84. The van der Waals surface area contributed by atoms with Crippen LogP contribution in [0.4, 0.5) is 0 Å². The highest BCUT2D eigenvalue weighted by atomic mass is 35.5. The molecule has 0 spiro atoms. The molecule has 0 heterocycles. The van der Waals surface area contributed by atoms with Crippen LogP contribution in [0.15, 0.2) is 109 Å². The lowest BCUT2D eigenvalue weighted by atomic mass is 10.0. The van der Waals surface area contributed by atoms with E-state index in [9.17, 15) is 9.59 Å². The van der Waals surface area contributed by atoms with Gasteiger partial charge in [0, 0.05) is 29.1 Å². The fourth-order valence-corrected chi connectivity index (χ4v) is 5.25. The number of amides is 2. The Hall–Kier alpha value is -3.93. The maximum absolute atomic E-state index is 13.2. The van der Waals surface area contributed by atoms with Crippen LogP contribution in [0.25, 0.3) is 11.1 Å². The molecule has 0 saturated heterocycles. The van der Waals surface area contributed by atoms with Gasteiger partial charge in [-0.3, -0.25) is 9.59 Å². The lowest BCUT2D eigenvalue weighted by molar-refractivity contribution is -0.123. The summed E-state index contributed by atoms with van der Waals surface area (Å²) in [6.07, 6.45) is 3.48. The summed E-state index contributed by atoms with van der Waals surface area (Å²) in [5.74, 6) is 0.154. The largest absolute Gasteiger partial charge is 0.350 e. The van der Waals surface area contributed by atoms with Gasteiger partial charge < -0.3 is 16.0 Å².